The quantitative estimate of drug-likeness (QED) is 0.547. The lowest BCUT2D eigenvalue weighted by molar-refractivity contribution is -0.124. The van der Waals surface area contributed by atoms with Gasteiger partial charge in [-0.05, 0) is 35.7 Å². The second kappa shape index (κ2) is 10.5. The summed E-state index contributed by atoms with van der Waals surface area (Å²) in [7, 11) is 0. The van der Waals surface area contributed by atoms with Crippen molar-refractivity contribution >= 4 is 11.9 Å². The Balaban J connectivity index is 1.28. The molecule has 32 heavy (non-hydrogen) atoms. The van der Waals surface area contributed by atoms with Gasteiger partial charge < -0.3 is 19.5 Å². The Morgan fingerprint density at radius 3 is 2.12 bits per heavy atom. The fourth-order valence-electron chi connectivity index (χ4n) is 3.69. The summed E-state index contributed by atoms with van der Waals surface area (Å²) in [5.74, 6) is 0.345. The number of rotatable bonds is 8. The molecule has 4 rings (SSSR count). The van der Waals surface area contributed by atoms with Gasteiger partial charge in [0.05, 0.1) is 5.56 Å². The lowest BCUT2D eigenvalue weighted by atomic mass is 9.88. The van der Waals surface area contributed by atoms with Gasteiger partial charge in [0.15, 0.2) is 18.1 Å². The van der Waals surface area contributed by atoms with Crippen molar-refractivity contribution in [2.24, 2.45) is 0 Å². The van der Waals surface area contributed by atoms with Gasteiger partial charge in [0.1, 0.15) is 13.2 Å². The van der Waals surface area contributed by atoms with E-state index in [-0.39, 0.29) is 18.4 Å². The van der Waals surface area contributed by atoms with Crippen molar-refractivity contribution < 1.29 is 23.8 Å². The van der Waals surface area contributed by atoms with E-state index in [4.69, 9.17) is 14.2 Å². The number of carbonyl (C=O) groups excluding carboxylic acids is 2. The molecule has 0 aliphatic carbocycles. The van der Waals surface area contributed by atoms with Crippen molar-refractivity contribution in [1.29, 1.82) is 0 Å². The molecule has 3 aromatic carbocycles. The fraction of sp³-hybridized carbons (Fsp3) is 0.231. The molecule has 1 N–H and O–H groups in total. The summed E-state index contributed by atoms with van der Waals surface area (Å²) < 4.78 is 16.1. The van der Waals surface area contributed by atoms with E-state index in [1.54, 1.807) is 18.2 Å². The van der Waals surface area contributed by atoms with Crippen LogP contribution < -0.4 is 14.8 Å². The molecule has 1 aliphatic rings. The van der Waals surface area contributed by atoms with Crippen LogP contribution in [0.3, 0.4) is 0 Å². The molecule has 0 spiro atoms. The van der Waals surface area contributed by atoms with Gasteiger partial charge >= 0.3 is 5.97 Å². The van der Waals surface area contributed by atoms with Crippen LogP contribution in [0.4, 0.5) is 0 Å². The standard InChI is InChI=1S/C26H25NO5/c28-25(18-32-26(29)21-11-12-23-24(17-21)31-16-15-30-23)27-14-13-22(19-7-3-1-4-8-19)20-9-5-2-6-10-20/h1-12,17,22H,13-16,18H2,(H,27,28). The van der Waals surface area contributed by atoms with Gasteiger partial charge in [-0.3, -0.25) is 4.79 Å². The number of carbonyl (C=O) groups is 2. The van der Waals surface area contributed by atoms with E-state index in [1.165, 1.54) is 11.1 Å². The first kappa shape index (κ1) is 21.4. The molecule has 0 saturated heterocycles. The Bertz CT molecular complexity index is 1010. The Morgan fingerprint density at radius 2 is 1.47 bits per heavy atom. The first-order chi connectivity index (χ1) is 15.7. The van der Waals surface area contributed by atoms with Crippen molar-refractivity contribution in [3.63, 3.8) is 0 Å². The van der Waals surface area contributed by atoms with Crippen LogP contribution in [0.1, 0.15) is 33.8 Å². The van der Waals surface area contributed by atoms with Crippen molar-refractivity contribution in [1.82, 2.24) is 5.32 Å². The summed E-state index contributed by atoms with van der Waals surface area (Å²) in [6.07, 6.45) is 0.732. The van der Waals surface area contributed by atoms with Gasteiger partial charge in [-0.2, -0.15) is 0 Å². The third-order valence-electron chi connectivity index (χ3n) is 5.27. The molecule has 0 radical (unpaired) electrons. The van der Waals surface area contributed by atoms with Gasteiger partial charge in [0.2, 0.25) is 0 Å². The number of hydrogen-bond donors (Lipinski definition) is 1. The highest BCUT2D eigenvalue weighted by Gasteiger charge is 2.17. The third kappa shape index (κ3) is 5.46. The van der Waals surface area contributed by atoms with Crippen molar-refractivity contribution in [3.8, 4) is 11.5 Å². The average molecular weight is 431 g/mol. The molecule has 0 aromatic heterocycles. The summed E-state index contributed by atoms with van der Waals surface area (Å²) in [6, 6.07) is 25.2. The van der Waals surface area contributed by atoms with Crippen LogP contribution in [0.2, 0.25) is 0 Å². The predicted molar refractivity (Wildman–Crippen MR) is 120 cm³/mol. The van der Waals surface area contributed by atoms with E-state index in [1.807, 2.05) is 36.4 Å². The van der Waals surface area contributed by atoms with E-state index >= 15 is 0 Å². The number of amides is 1. The molecule has 6 nitrogen and oxygen atoms in total. The van der Waals surface area contributed by atoms with E-state index in [2.05, 4.69) is 29.6 Å². The zero-order valence-corrected chi connectivity index (χ0v) is 17.7. The molecule has 164 valence electrons. The summed E-state index contributed by atoms with van der Waals surface area (Å²) in [5.41, 5.74) is 2.70. The number of hydrogen-bond acceptors (Lipinski definition) is 5. The Kier molecular flexibility index (Phi) is 7.02. The van der Waals surface area contributed by atoms with Crippen molar-refractivity contribution in [2.75, 3.05) is 26.4 Å². The molecule has 6 heteroatoms. The fourth-order valence-corrected chi connectivity index (χ4v) is 3.69. The monoisotopic (exact) mass is 431 g/mol. The van der Waals surface area contributed by atoms with Gasteiger partial charge in [-0.15, -0.1) is 0 Å². The summed E-state index contributed by atoms with van der Waals surface area (Å²) in [6.45, 7) is 1.04. The molecule has 0 bridgehead atoms. The van der Waals surface area contributed by atoms with E-state index < -0.39 is 5.97 Å². The van der Waals surface area contributed by atoms with Crippen molar-refractivity contribution in [3.05, 3.63) is 95.6 Å². The maximum atomic E-state index is 12.3. The van der Waals surface area contributed by atoms with Crippen LogP contribution >= 0.6 is 0 Å². The SMILES string of the molecule is O=C(COC(=O)c1ccc2c(c1)OCCO2)NCCC(c1ccccc1)c1ccccc1. The van der Waals surface area contributed by atoms with Gasteiger partial charge in [-0.1, -0.05) is 60.7 Å². The number of nitrogens with one attached hydrogen (secondary N) is 1. The summed E-state index contributed by atoms with van der Waals surface area (Å²) >= 11 is 0. The van der Waals surface area contributed by atoms with E-state index in [0.717, 1.165) is 6.42 Å². The maximum absolute atomic E-state index is 12.3. The lowest BCUT2D eigenvalue weighted by Gasteiger charge is -2.19. The van der Waals surface area contributed by atoms with E-state index in [0.29, 0.717) is 36.8 Å². The molecule has 1 amide bonds. The van der Waals surface area contributed by atoms with Crippen LogP contribution in [0.5, 0.6) is 11.5 Å². The van der Waals surface area contributed by atoms with Crippen LogP contribution in [-0.2, 0) is 9.53 Å². The second-order valence-corrected chi connectivity index (χ2v) is 7.45. The highest BCUT2D eigenvalue weighted by Crippen LogP contribution is 2.31. The van der Waals surface area contributed by atoms with Crippen LogP contribution in [0.15, 0.2) is 78.9 Å². The van der Waals surface area contributed by atoms with Crippen molar-refractivity contribution in [2.45, 2.75) is 12.3 Å². The zero-order valence-electron chi connectivity index (χ0n) is 17.7. The minimum absolute atomic E-state index is 0.165. The first-order valence-corrected chi connectivity index (χ1v) is 10.6. The topological polar surface area (TPSA) is 73.9 Å². The number of fused-ring (bicyclic) bond motifs is 1. The maximum Gasteiger partial charge on any atom is 0.338 e. The van der Waals surface area contributed by atoms with Gasteiger partial charge in [-0.25, -0.2) is 4.79 Å². The molecule has 3 aromatic rings. The second-order valence-electron chi connectivity index (χ2n) is 7.45. The van der Waals surface area contributed by atoms with Gasteiger partial charge in [0, 0.05) is 12.5 Å². The first-order valence-electron chi connectivity index (χ1n) is 10.6. The largest absolute Gasteiger partial charge is 0.486 e. The molecule has 1 aliphatic heterocycles. The number of benzene rings is 3. The molecular formula is C26H25NO5. The predicted octanol–water partition coefficient (Wildman–Crippen LogP) is 3.95. The Labute approximate surface area is 187 Å². The molecular weight excluding hydrogens is 406 g/mol. The summed E-state index contributed by atoms with van der Waals surface area (Å²) in [5, 5.41) is 2.85. The molecule has 1 heterocycles. The summed E-state index contributed by atoms with van der Waals surface area (Å²) in [4.78, 5) is 24.5. The third-order valence-corrected chi connectivity index (χ3v) is 5.27. The molecule has 0 saturated carbocycles. The highest BCUT2D eigenvalue weighted by molar-refractivity contribution is 5.92. The molecule has 0 unspecified atom stereocenters. The zero-order chi connectivity index (χ0) is 22.2. The van der Waals surface area contributed by atoms with Crippen LogP contribution in [-0.4, -0.2) is 38.2 Å². The number of esters is 1. The van der Waals surface area contributed by atoms with Crippen LogP contribution in [0.25, 0.3) is 0 Å². The normalized spacial score (nSPS) is 12.3. The lowest BCUT2D eigenvalue weighted by Crippen LogP contribution is -2.30. The average Bonchev–Trinajstić information content (AvgIpc) is 2.86. The van der Waals surface area contributed by atoms with Gasteiger partial charge in [0.25, 0.3) is 5.91 Å². The van der Waals surface area contributed by atoms with E-state index in [9.17, 15) is 9.59 Å². The molecule has 0 fully saturated rings. The highest BCUT2D eigenvalue weighted by atomic mass is 16.6. The Morgan fingerprint density at radius 1 is 0.844 bits per heavy atom. The van der Waals surface area contributed by atoms with Crippen LogP contribution in [0, 0.1) is 0 Å². The minimum atomic E-state index is -0.580. The molecule has 0 atom stereocenters. The number of ether oxygens (including phenoxy) is 3. The Hall–Kier alpha value is -3.80. The minimum Gasteiger partial charge on any atom is -0.486 e. The smallest absolute Gasteiger partial charge is 0.338 e.